The number of amides is 1. The van der Waals surface area contributed by atoms with Gasteiger partial charge in [-0.2, -0.15) is 0 Å². The van der Waals surface area contributed by atoms with Crippen LogP contribution in [0.4, 0.5) is 4.79 Å². The van der Waals surface area contributed by atoms with Gasteiger partial charge in [0, 0.05) is 0 Å². The van der Waals surface area contributed by atoms with Crippen LogP contribution in [0.2, 0.25) is 0 Å². The summed E-state index contributed by atoms with van der Waals surface area (Å²) in [6.45, 7) is 6.69. The van der Waals surface area contributed by atoms with E-state index in [2.05, 4.69) is 31.6 Å². The number of rotatable bonds is 3. The molecule has 3 heteroatoms. The van der Waals surface area contributed by atoms with Gasteiger partial charge in [-0.25, -0.2) is 4.79 Å². The standard InChI is InChI=1S/C9H17NO2/c1-9(2,3)6-4-5-7-12-8(10)11/h4,6H,5,7H2,1-3H3,(H2,10,11)/b6-4+. The fraction of sp³-hybridized carbons (Fsp3) is 0.667. The second-order valence-electron chi connectivity index (χ2n) is 3.72. The molecule has 0 unspecified atom stereocenters. The lowest BCUT2D eigenvalue weighted by Gasteiger charge is -2.10. The van der Waals surface area contributed by atoms with E-state index in [-0.39, 0.29) is 5.41 Å². The maximum atomic E-state index is 10.1. The summed E-state index contributed by atoms with van der Waals surface area (Å²) in [5.74, 6) is 0. The second kappa shape index (κ2) is 4.80. The van der Waals surface area contributed by atoms with Gasteiger partial charge in [0.05, 0.1) is 6.61 Å². The lowest BCUT2D eigenvalue weighted by atomic mass is 9.96. The first kappa shape index (κ1) is 11.0. The van der Waals surface area contributed by atoms with E-state index in [9.17, 15) is 4.79 Å². The Bertz CT molecular complexity index is 168. The van der Waals surface area contributed by atoms with E-state index in [4.69, 9.17) is 5.73 Å². The normalized spacial score (nSPS) is 11.9. The molecule has 0 atom stereocenters. The Morgan fingerprint density at radius 1 is 1.50 bits per heavy atom. The first-order valence-electron chi connectivity index (χ1n) is 4.02. The highest BCUT2D eigenvalue weighted by atomic mass is 16.5. The van der Waals surface area contributed by atoms with Crippen molar-refractivity contribution in [2.75, 3.05) is 6.61 Å². The van der Waals surface area contributed by atoms with Crippen molar-refractivity contribution in [1.82, 2.24) is 0 Å². The summed E-state index contributed by atoms with van der Waals surface area (Å²) in [5.41, 5.74) is 4.96. The number of carbonyl (C=O) groups excluding carboxylic acids is 1. The van der Waals surface area contributed by atoms with Crippen LogP contribution in [0.1, 0.15) is 27.2 Å². The minimum atomic E-state index is -0.709. The van der Waals surface area contributed by atoms with Gasteiger partial charge in [-0.1, -0.05) is 32.9 Å². The molecule has 0 aromatic rings. The molecule has 0 bridgehead atoms. The number of hydrogen-bond donors (Lipinski definition) is 1. The molecule has 1 amide bonds. The van der Waals surface area contributed by atoms with Crippen LogP contribution in [0.3, 0.4) is 0 Å². The fourth-order valence-electron chi connectivity index (χ4n) is 0.664. The van der Waals surface area contributed by atoms with Gasteiger partial charge in [-0.05, 0) is 11.8 Å². The summed E-state index contributed by atoms with van der Waals surface area (Å²) in [4.78, 5) is 10.1. The molecule has 3 nitrogen and oxygen atoms in total. The number of nitrogens with two attached hydrogens (primary N) is 1. The van der Waals surface area contributed by atoms with Crippen molar-refractivity contribution in [2.24, 2.45) is 11.1 Å². The average Bonchev–Trinajstić information content (AvgIpc) is 1.83. The van der Waals surface area contributed by atoms with Gasteiger partial charge in [-0.3, -0.25) is 0 Å². The van der Waals surface area contributed by atoms with Crippen molar-refractivity contribution in [2.45, 2.75) is 27.2 Å². The lowest BCUT2D eigenvalue weighted by Crippen LogP contribution is -2.13. The molecule has 0 fully saturated rings. The van der Waals surface area contributed by atoms with Crippen molar-refractivity contribution < 1.29 is 9.53 Å². The van der Waals surface area contributed by atoms with Crippen molar-refractivity contribution in [3.05, 3.63) is 12.2 Å². The molecule has 0 aromatic carbocycles. The van der Waals surface area contributed by atoms with Crippen LogP contribution in [0.25, 0.3) is 0 Å². The van der Waals surface area contributed by atoms with E-state index in [0.717, 1.165) is 6.42 Å². The number of ether oxygens (including phenoxy) is 1. The summed E-state index contributed by atoms with van der Waals surface area (Å²) >= 11 is 0. The predicted octanol–water partition coefficient (Wildman–Crippen LogP) is 2.07. The van der Waals surface area contributed by atoms with Crippen LogP contribution in [0, 0.1) is 5.41 Å². The van der Waals surface area contributed by atoms with E-state index in [0.29, 0.717) is 6.61 Å². The predicted molar refractivity (Wildman–Crippen MR) is 48.7 cm³/mol. The Morgan fingerprint density at radius 3 is 2.50 bits per heavy atom. The SMILES string of the molecule is CC(C)(C)/C=C/CCOC(N)=O. The van der Waals surface area contributed by atoms with Crippen molar-refractivity contribution in [3.63, 3.8) is 0 Å². The van der Waals surface area contributed by atoms with Gasteiger partial charge in [0.2, 0.25) is 0 Å². The molecule has 0 radical (unpaired) electrons. The topological polar surface area (TPSA) is 52.3 Å². The smallest absolute Gasteiger partial charge is 0.404 e. The van der Waals surface area contributed by atoms with E-state index in [1.54, 1.807) is 0 Å². The maximum Gasteiger partial charge on any atom is 0.404 e. The quantitative estimate of drug-likeness (QED) is 0.522. The summed E-state index contributed by atoms with van der Waals surface area (Å²) in [6.07, 6.45) is 4.08. The molecule has 0 saturated carbocycles. The highest BCUT2D eigenvalue weighted by molar-refractivity contribution is 5.64. The van der Waals surface area contributed by atoms with Crippen LogP contribution >= 0.6 is 0 Å². The highest BCUT2D eigenvalue weighted by Crippen LogP contribution is 2.14. The van der Waals surface area contributed by atoms with Crippen LogP contribution < -0.4 is 5.73 Å². The molecule has 0 aromatic heterocycles. The van der Waals surface area contributed by atoms with Crippen molar-refractivity contribution in [1.29, 1.82) is 0 Å². The fourth-order valence-corrected chi connectivity index (χ4v) is 0.664. The third kappa shape index (κ3) is 9.01. The molecule has 12 heavy (non-hydrogen) atoms. The Morgan fingerprint density at radius 2 is 2.08 bits per heavy atom. The maximum absolute atomic E-state index is 10.1. The molecule has 0 heterocycles. The summed E-state index contributed by atoms with van der Waals surface area (Å²) < 4.78 is 4.54. The summed E-state index contributed by atoms with van der Waals surface area (Å²) in [5, 5.41) is 0. The van der Waals surface area contributed by atoms with Gasteiger partial charge in [0.25, 0.3) is 0 Å². The molecule has 0 aliphatic rings. The molecule has 0 saturated heterocycles. The average molecular weight is 171 g/mol. The third-order valence-corrected chi connectivity index (χ3v) is 1.15. The van der Waals surface area contributed by atoms with Crippen molar-refractivity contribution in [3.8, 4) is 0 Å². The zero-order chi connectivity index (χ0) is 9.61. The van der Waals surface area contributed by atoms with Crippen LogP contribution in [0.5, 0.6) is 0 Å². The van der Waals surface area contributed by atoms with Gasteiger partial charge in [0.1, 0.15) is 0 Å². The molecule has 0 rings (SSSR count). The molecule has 70 valence electrons. The Labute approximate surface area is 73.6 Å². The molecule has 2 N–H and O–H groups in total. The second-order valence-corrected chi connectivity index (χ2v) is 3.72. The number of hydrogen-bond acceptors (Lipinski definition) is 2. The zero-order valence-electron chi connectivity index (χ0n) is 7.96. The number of primary amides is 1. The minimum Gasteiger partial charge on any atom is -0.449 e. The van der Waals surface area contributed by atoms with Crippen LogP contribution in [-0.2, 0) is 4.74 Å². The van der Waals surface area contributed by atoms with Crippen LogP contribution in [-0.4, -0.2) is 12.7 Å². The Hall–Kier alpha value is -0.990. The Balaban J connectivity index is 3.43. The van der Waals surface area contributed by atoms with E-state index >= 15 is 0 Å². The highest BCUT2D eigenvalue weighted by Gasteiger charge is 2.02. The van der Waals surface area contributed by atoms with E-state index in [1.807, 2.05) is 6.08 Å². The number of carbonyl (C=O) groups is 1. The van der Waals surface area contributed by atoms with E-state index < -0.39 is 6.09 Å². The molecular weight excluding hydrogens is 154 g/mol. The van der Waals surface area contributed by atoms with E-state index in [1.165, 1.54) is 0 Å². The molecule has 0 aliphatic carbocycles. The van der Waals surface area contributed by atoms with Gasteiger partial charge < -0.3 is 10.5 Å². The summed E-state index contributed by atoms with van der Waals surface area (Å²) in [7, 11) is 0. The van der Waals surface area contributed by atoms with Gasteiger partial charge in [0.15, 0.2) is 0 Å². The largest absolute Gasteiger partial charge is 0.449 e. The molecule has 0 spiro atoms. The zero-order valence-corrected chi connectivity index (χ0v) is 7.96. The van der Waals surface area contributed by atoms with Crippen molar-refractivity contribution >= 4 is 6.09 Å². The minimum absolute atomic E-state index is 0.187. The Kier molecular flexibility index (Phi) is 4.40. The van der Waals surface area contributed by atoms with Crippen LogP contribution in [0.15, 0.2) is 12.2 Å². The molecule has 0 aliphatic heterocycles. The third-order valence-electron chi connectivity index (χ3n) is 1.15. The lowest BCUT2D eigenvalue weighted by molar-refractivity contribution is 0.159. The first-order chi connectivity index (χ1) is 5.42. The molecular formula is C9H17NO2. The summed E-state index contributed by atoms with van der Waals surface area (Å²) in [6, 6.07) is 0. The number of allylic oxidation sites excluding steroid dienone is 1. The van der Waals surface area contributed by atoms with Gasteiger partial charge >= 0.3 is 6.09 Å². The first-order valence-corrected chi connectivity index (χ1v) is 4.02. The monoisotopic (exact) mass is 171 g/mol. The van der Waals surface area contributed by atoms with Gasteiger partial charge in [-0.15, -0.1) is 0 Å².